The van der Waals surface area contributed by atoms with Gasteiger partial charge in [-0.3, -0.25) is 0 Å². The van der Waals surface area contributed by atoms with E-state index in [1.54, 1.807) is 0 Å². The van der Waals surface area contributed by atoms with Crippen LogP contribution >= 0.6 is 10.0 Å². The van der Waals surface area contributed by atoms with Crippen molar-refractivity contribution >= 4 is 10.0 Å². The van der Waals surface area contributed by atoms with Gasteiger partial charge in [-0.15, -0.1) is 0 Å². The minimum Gasteiger partial charge on any atom is -0.223 e. The molecule has 0 N–H and O–H groups in total. The lowest BCUT2D eigenvalue weighted by Crippen LogP contribution is -2.09. The van der Waals surface area contributed by atoms with Gasteiger partial charge in [-0.05, 0) is 59.6 Å². The van der Waals surface area contributed by atoms with Crippen molar-refractivity contribution < 1.29 is 0 Å². The molecule has 0 saturated heterocycles. The second-order valence-electron chi connectivity index (χ2n) is 7.05. The Bertz CT molecular complexity index is 379. The first kappa shape index (κ1) is 15.0. The molecule has 108 valence electrons. The molecule has 19 heavy (non-hydrogen) atoms. The summed E-state index contributed by atoms with van der Waals surface area (Å²) in [4.78, 5) is 1.53. The van der Waals surface area contributed by atoms with Crippen LogP contribution in [0.1, 0.15) is 56.9 Å². The van der Waals surface area contributed by atoms with Gasteiger partial charge < -0.3 is 0 Å². The maximum Gasteiger partial charge on any atom is -0.0106 e. The van der Waals surface area contributed by atoms with E-state index in [9.17, 15) is 0 Å². The molecule has 1 aromatic carbocycles. The van der Waals surface area contributed by atoms with Crippen LogP contribution < -0.4 is 0 Å². The Morgan fingerprint density at radius 3 is 2.11 bits per heavy atom. The standard InChI is InChI=1S/C18H30S/c1-15(14-16-8-6-5-7-9-16)17-10-12-18(13-11-17)19(2,3)4/h10-13,15-16H,5-9,14H2,1-4H3/t15-/m0/s1. The summed E-state index contributed by atoms with van der Waals surface area (Å²) in [6, 6.07) is 9.48. The van der Waals surface area contributed by atoms with Crippen LogP contribution in [0.3, 0.4) is 0 Å². The van der Waals surface area contributed by atoms with Gasteiger partial charge in [-0.2, -0.15) is 0 Å². The molecule has 1 saturated carbocycles. The minimum atomic E-state index is -0.572. The highest BCUT2D eigenvalue weighted by molar-refractivity contribution is 8.32. The van der Waals surface area contributed by atoms with E-state index in [-0.39, 0.29) is 0 Å². The Labute approximate surface area is 121 Å². The van der Waals surface area contributed by atoms with E-state index in [4.69, 9.17) is 0 Å². The lowest BCUT2D eigenvalue weighted by atomic mass is 9.81. The monoisotopic (exact) mass is 278 g/mol. The van der Waals surface area contributed by atoms with E-state index >= 15 is 0 Å². The highest BCUT2D eigenvalue weighted by Gasteiger charge is 2.17. The molecule has 1 aliphatic rings. The van der Waals surface area contributed by atoms with Crippen LogP contribution in [0, 0.1) is 5.92 Å². The average Bonchev–Trinajstić information content (AvgIpc) is 2.39. The summed E-state index contributed by atoms with van der Waals surface area (Å²) in [6.45, 7) is 2.41. The van der Waals surface area contributed by atoms with Crippen molar-refractivity contribution in [3.05, 3.63) is 29.8 Å². The molecule has 1 aromatic rings. The molecule has 1 heteroatoms. The molecule has 0 spiro atoms. The first-order chi connectivity index (χ1) is 8.97. The molecule has 1 atom stereocenters. The predicted octanol–water partition coefficient (Wildman–Crippen LogP) is 5.81. The van der Waals surface area contributed by atoms with E-state index < -0.39 is 10.0 Å². The van der Waals surface area contributed by atoms with Crippen molar-refractivity contribution in [3.63, 3.8) is 0 Å². The van der Waals surface area contributed by atoms with Crippen molar-refractivity contribution in [1.29, 1.82) is 0 Å². The summed E-state index contributed by atoms with van der Waals surface area (Å²) < 4.78 is 0. The third-order valence-corrected chi connectivity index (χ3v) is 6.25. The lowest BCUT2D eigenvalue weighted by molar-refractivity contribution is 0.323. The fourth-order valence-electron chi connectivity index (χ4n) is 3.26. The van der Waals surface area contributed by atoms with Crippen LogP contribution in [0.2, 0.25) is 0 Å². The molecule has 0 aromatic heterocycles. The van der Waals surface area contributed by atoms with Crippen molar-refractivity contribution in [2.24, 2.45) is 5.92 Å². The van der Waals surface area contributed by atoms with Gasteiger partial charge in [-0.1, -0.05) is 51.2 Å². The summed E-state index contributed by atoms with van der Waals surface area (Å²) in [5, 5.41) is 0. The molecule has 1 fully saturated rings. The van der Waals surface area contributed by atoms with Gasteiger partial charge in [0.1, 0.15) is 0 Å². The normalized spacial score (nSPS) is 20.2. The van der Waals surface area contributed by atoms with E-state index in [1.165, 1.54) is 49.0 Å². The van der Waals surface area contributed by atoms with E-state index in [0.717, 1.165) is 11.8 Å². The number of rotatable bonds is 4. The third kappa shape index (κ3) is 4.27. The lowest BCUT2D eigenvalue weighted by Gasteiger charge is -2.27. The second kappa shape index (κ2) is 6.35. The smallest absolute Gasteiger partial charge is 0.0106 e. The Morgan fingerprint density at radius 2 is 1.58 bits per heavy atom. The van der Waals surface area contributed by atoms with E-state index in [2.05, 4.69) is 50.0 Å². The van der Waals surface area contributed by atoms with Crippen LogP contribution in [-0.4, -0.2) is 18.8 Å². The first-order valence-corrected chi connectivity index (χ1v) is 10.6. The summed E-state index contributed by atoms with van der Waals surface area (Å²) in [5.41, 5.74) is 1.54. The fourth-order valence-corrected chi connectivity index (χ4v) is 4.22. The maximum absolute atomic E-state index is 2.41. The van der Waals surface area contributed by atoms with Crippen LogP contribution in [0.4, 0.5) is 0 Å². The Morgan fingerprint density at radius 1 is 1.00 bits per heavy atom. The Hall–Kier alpha value is -0.430. The topological polar surface area (TPSA) is 0 Å². The summed E-state index contributed by atoms with van der Waals surface area (Å²) >= 11 is 0. The number of hydrogen-bond acceptors (Lipinski definition) is 0. The van der Waals surface area contributed by atoms with Crippen molar-refractivity contribution in [3.8, 4) is 0 Å². The van der Waals surface area contributed by atoms with Gasteiger partial charge in [0.25, 0.3) is 0 Å². The number of hydrogen-bond donors (Lipinski definition) is 0. The Balaban J connectivity index is 1.97. The van der Waals surface area contributed by atoms with Gasteiger partial charge in [-0.25, -0.2) is 10.0 Å². The third-order valence-electron chi connectivity index (χ3n) is 4.57. The molecule has 2 rings (SSSR count). The molecule has 0 nitrogen and oxygen atoms in total. The Kier molecular flexibility index (Phi) is 5.00. The van der Waals surface area contributed by atoms with Crippen molar-refractivity contribution in [2.75, 3.05) is 18.8 Å². The molecule has 0 radical (unpaired) electrons. The molecular formula is C18H30S. The summed E-state index contributed by atoms with van der Waals surface area (Å²) in [7, 11) is -0.572. The minimum absolute atomic E-state index is 0.572. The maximum atomic E-state index is 2.41. The van der Waals surface area contributed by atoms with Gasteiger partial charge in [0, 0.05) is 0 Å². The van der Waals surface area contributed by atoms with Crippen LogP contribution in [0.25, 0.3) is 0 Å². The highest BCUT2D eigenvalue weighted by Crippen LogP contribution is 2.45. The zero-order valence-electron chi connectivity index (χ0n) is 13.1. The molecule has 0 unspecified atom stereocenters. The van der Waals surface area contributed by atoms with E-state index in [0.29, 0.717) is 0 Å². The quantitative estimate of drug-likeness (QED) is 0.651. The highest BCUT2D eigenvalue weighted by atomic mass is 32.3. The molecule has 0 amide bonds. The molecule has 0 aliphatic heterocycles. The van der Waals surface area contributed by atoms with Crippen LogP contribution in [0.5, 0.6) is 0 Å². The molecular weight excluding hydrogens is 248 g/mol. The van der Waals surface area contributed by atoms with Gasteiger partial charge >= 0.3 is 0 Å². The van der Waals surface area contributed by atoms with Gasteiger partial charge in [0.05, 0.1) is 0 Å². The summed E-state index contributed by atoms with van der Waals surface area (Å²) in [6.07, 6.45) is 15.8. The van der Waals surface area contributed by atoms with Crippen molar-refractivity contribution in [1.82, 2.24) is 0 Å². The molecule has 1 aliphatic carbocycles. The van der Waals surface area contributed by atoms with E-state index in [1.807, 2.05) is 0 Å². The largest absolute Gasteiger partial charge is 0.223 e. The van der Waals surface area contributed by atoms with Crippen LogP contribution in [0.15, 0.2) is 29.2 Å². The zero-order chi connectivity index (χ0) is 13.9. The zero-order valence-corrected chi connectivity index (χ0v) is 13.9. The first-order valence-electron chi connectivity index (χ1n) is 7.75. The van der Waals surface area contributed by atoms with Crippen LogP contribution in [-0.2, 0) is 0 Å². The van der Waals surface area contributed by atoms with Gasteiger partial charge in [0.2, 0.25) is 0 Å². The SMILES string of the molecule is C[C@@H](CC1CCCCC1)c1ccc(S(C)(C)C)cc1. The summed E-state index contributed by atoms with van der Waals surface area (Å²) in [5.74, 6) is 1.71. The predicted molar refractivity (Wildman–Crippen MR) is 89.7 cm³/mol. The molecule has 0 bridgehead atoms. The van der Waals surface area contributed by atoms with Crippen molar-refractivity contribution in [2.45, 2.75) is 56.3 Å². The number of benzene rings is 1. The molecule has 0 heterocycles. The second-order valence-corrected chi connectivity index (χ2v) is 11.2. The van der Waals surface area contributed by atoms with Gasteiger partial charge in [0.15, 0.2) is 0 Å². The average molecular weight is 279 g/mol. The fraction of sp³-hybridized carbons (Fsp3) is 0.667.